The molecule has 0 spiro atoms. The van der Waals surface area contributed by atoms with Gasteiger partial charge in [0.05, 0.1) is 18.1 Å². The monoisotopic (exact) mass is 252 g/mol. The van der Waals surface area contributed by atoms with Crippen LogP contribution >= 0.6 is 11.6 Å². The molecule has 0 atom stereocenters. The van der Waals surface area contributed by atoms with Crippen molar-refractivity contribution in [3.8, 4) is 0 Å². The number of carbonyl (C=O) groups excluding carboxylic acids is 1. The summed E-state index contributed by atoms with van der Waals surface area (Å²) in [6.07, 6.45) is 0.915. The quantitative estimate of drug-likeness (QED) is 0.789. The molecule has 1 heterocycles. The molecule has 0 aliphatic heterocycles. The fourth-order valence-corrected chi connectivity index (χ4v) is 1.97. The Balaban J connectivity index is 2.65. The molecule has 5 heteroatoms. The molecule has 0 saturated heterocycles. The van der Waals surface area contributed by atoms with Gasteiger partial charge in [-0.1, -0.05) is 18.5 Å². The highest BCUT2D eigenvalue weighted by atomic mass is 35.5. The van der Waals surface area contributed by atoms with Crippen molar-refractivity contribution in [2.24, 2.45) is 0 Å². The Hall–Kier alpha value is -1.55. The Kier molecular flexibility index (Phi) is 3.33. The van der Waals surface area contributed by atoms with E-state index in [2.05, 4.69) is 4.98 Å². The van der Waals surface area contributed by atoms with E-state index in [0.29, 0.717) is 16.4 Å². The number of halogens is 1. The van der Waals surface area contributed by atoms with Crippen molar-refractivity contribution in [2.45, 2.75) is 19.9 Å². The number of ether oxygens (including phenoxy) is 1. The second-order valence-electron chi connectivity index (χ2n) is 3.71. The number of carbonyl (C=O) groups is 1. The summed E-state index contributed by atoms with van der Waals surface area (Å²) in [5.41, 5.74) is 1.61. The van der Waals surface area contributed by atoms with Crippen LogP contribution in [-0.4, -0.2) is 22.6 Å². The highest BCUT2D eigenvalue weighted by Gasteiger charge is 2.17. The first-order valence-corrected chi connectivity index (χ1v) is 5.79. The first-order chi connectivity index (χ1) is 8.17. The molecule has 0 saturated carbocycles. The summed E-state index contributed by atoms with van der Waals surface area (Å²) in [5, 5.41) is 0.607. The number of imidazole rings is 1. The summed E-state index contributed by atoms with van der Waals surface area (Å²) in [6.45, 7) is 2.77. The molecule has 0 aliphatic rings. The minimum atomic E-state index is -0.425. The lowest BCUT2D eigenvalue weighted by Gasteiger charge is -2.05. The number of esters is 1. The molecule has 2 aromatic rings. The van der Waals surface area contributed by atoms with Crippen LogP contribution in [0.25, 0.3) is 11.0 Å². The molecular formula is C12H13ClN2O2. The third kappa shape index (κ3) is 2.13. The summed E-state index contributed by atoms with van der Waals surface area (Å²) >= 11 is 5.91. The van der Waals surface area contributed by atoms with E-state index in [1.807, 2.05) is 17.6 Å². The van der Waals surface area contributed by atoms with E-state index in [-0.39, 0.29) is 0 Å². The van der Waals surface area contributed by atoms with Crippen LogP contribution in [0.1, 0.15) is 24.0 Å². The molecule has 1 aromatic carbocycles. The van der Waals surface area contributed by atoms with Crippen LogP contribution in [0.15, 0.2) is 18.2 Å². The van der Waals surface area contributed by atoms with Crippen LogP contribution < -0.4 is 0 Å². The number of methoxy groups -OCH3 is 1. The van der Waals surface area contributed by atoms with E-state index in [4.69, 9.17) is 16.3 Å². The molecule has 0 radical (unpaired) electrons. The van der Waals surface area contributed by atoms with Crippen molar-refractivity contribution in [3.05, 3.63) is 29.0 Å². The highest BCUT2D eigenvalue weighted by Crippen LogP contribution is 2.21. The predicted octanol–water partition coefficient (Wildman–Crippen LogP) is 2.89. The number of hydrogen-bond acceptors (Lipinski definition) is 3. The zero-order valence-corrected chi connectivity index (χ0v) is 10.5. The Morgan fingerprint density at radius 2 is 2.29 bits per heavy atom. The minimum Gasteiger partial charge on any atom is -0.463 e. The van der Waals surface area contributed by atoms with Crippen LogP contribution in [0.4, 0.5) is 0 Å². The van der Waals surface area contributed by atoms with Gasteiger partial charge in [0, 0.05) is 11.6 Å². The van der Waals surface area contributed by atoms with E-state index >= 15 is 0 Å². The average molecular weight is 253 g/mol. The number of benzene rings is 1. The lowest BCUT2D eigenvalue weighted by molar-refractivity contribution is 0.0582. The van der Waals surface area contributed by atoms with Crippen molar-refractivity contribution in [3.63, 3.8) is 0 Å². The van der Waals surface area contributed by atoms with E-state index in [1.54, 1.807) is 12.1 Å². The normalized spacial score (nSPS) is 10.8. The molecule has 2 rings (SSSR count). The van der Waals surface area contributed by atoms with Gasteiger partial charge in [-0.05, 0) is 24.6 Å². The second kappa shape index (κ2) is 4.75. The van der Waals surface area contributed by atoms with Crippen LogP contribution in [-0.2, 0) is 11.3 Å². The third-order valence-electron chi connectivity index (χ3n) is 2.53. The van der Waals surface area contributed by atoms with E-state index < -0.39 is 5.97 Å². The average Bonchev–Trinajstić information content (AvgIpc) is 2.67. The van der Waals surface area contributed by atoms with Crippen LogP contribution in [0.2, 0.25) is 5.02 Å². The van der Waals surface area contributed by atoms with Gasteiger partial charge in [-0.2, -0.15) is 0 Å². The molecule has 90 valence electrons. The van der Waals surface area contributed by atoms with Gasteiger partial charge in [-0.3, -0.25) is 0 Å². The molecule has 0 fully saturated rings. The van der Waals surface area contributed by atoms with Gasteiger partial charge in [0.25, 0.3) is 0 Å². The predicted molar refractivity (Wildman–Crippen MR) is 66.4 cm³/mol. The molecule has 0 bridgehead atoms. The Labute approximate surface area is 104 Å². The van der Waals surface area contributed by atoms with Crippen molar-refractivity contribution in [1.82, 2.24) is 9.55 Å². The first kappa shape index (κ1) is 11.9. The van der Waals surface area contributed by atoms with Crippen LogP contribution in [0, 0.1) is 0 Å². The number of fused-ring (bicyclic) bond motifs is 1. The number of hydrogen-bond donors (Lipinski definition) is 0. The second-order valence-corrected chi connectivity index (χ2v) is 4.15. The van der Waals surface area contributed by atoms with Gasteiger partial charge in [-0.25, -0.2) is 9.78 Å². The first-order valence-electron chi connectivity index (χ1n) is 5.41. The lowest BCUT2D eigenvalue weighted by Crippen LogP contribution is -2.11. The molecule has 4 nitrogen and oxygen atoms in total. The SMILES string of the molecule is CCCn1c(C(=O)OC)nc2cc(Cl)ccc21. The van der Waals surface area contributed by atoms with Crippen LogP contribution in [0.3, 0.4) is 0 Å². The van der Waals surface area contributed by atoms with E-state index in [0.717, 1.165) is 18.5 Å². The number of rotatable bonds is 3. The lowest BCUT2D eigenvalue weighted by atomic mass is 10.3. The molecule has 0 unspecified atom stereocenters. The van der Waals surface area contributed by atoms with Crippen molar-refractivity contribution in [1.29, 1.82) is 0 Å². The third-order valence-corrected chi connectivity index (χ3v) is 2.76. The molecule has 0 amide bonds. The highest BCUT2D eigenvalue weighted by molar-refractivity contribution is 6.31. The number of nitrogens with zero attached hydrogens (tertiary/aromatic N) is 2. The zero-order chi connectivity index (χ0) is 12.4. The van der Waals surface area contributed by atoms with Gasteiger partial charge >= 0.3 is 5.97 Å². The van der Waals surface area contributed by atoms with Gasteiger partial charge in [0.15, 0.2) is 0 Å². The zero-order valence-electron chi connectivity index (χ0n) is 9.74. The van der Waals surface area contributed by atoms with E-state index in [1.165, 1.54) is 7.11 Å². The van der Waals surface area contributed by atoms with Gasteiger partial charge in [-0.15, -0.1) is 0 Å². The molecule has 0 aliphatic carbocycles. The molecular weight excluding hydrogens is 240 g/mol. The fraction of sp³-hybridized carbons (Fsp3) is 0.333. The topological polar surface area (TPSA) is 44.1 Å². The summed E-state index contributed by atoms with van der Waals surface area (Å²) in [5.74, 6) is -0.0996. The van der Waals surface area contributed by atoms with Crippen molar-refractivity contribution < 1.29 is 9.53 Å². The fourth-order valence-electron chi connectivity index (χ4n) is 1.80. The molecule has 17 heavy (non-hydrogen) atoms. The largest absolute Gasteiger partial charge is 0.463 e. The Bertz CT molecular complexity index is 563. The van der Waals surface area contributed by atoms with Gasteiger partial charge in [0.1, 0.15) is 0 Å². The standard InChI is InChI=1S/C12H13ClN2O2/c1-3-6-15-10-5-4-8(13)7-9(10)14-11(15)12(16)17-2/h4-5,7H,3,6H2,1-2H3. The van der Waals surface area contributed by atoms with Crippen molar-refractivity contribution in [2.75, 3.05) is 7.11 Å². The Morgan fingerprint density at radius 1 is 1.53 bits per heavy atom. The smallest absolute Gasteiger partial charge is 0.374 e. The minimum absolute atomic E-state index is 0.326. The van der Waals surface area contributed by atoms with E-state index in [9.17, 15) is 4.79 Å². The summed E-state index contributed by atoms with van der Waals surface area (Å²) in [6, 6.07) is 5.40. The maximum Gasteiger partial charge on any atom is 0.374 e. The Morgan fingerprint density at radius 3 is 2.94 bits per heavy atom. The summed E-state index contributed by atoms with van der Waals surface area (Å²) in [7, 11) is 1.35. The van der Waals surface area contributed by atoms with Crippen LogP contribution in [0.5, 0.6) is 0 Å². The molecule has 1 aromatic heterocycles. The summed E-state index contributed by atoms with van der Waals surface area (Å²) in [4.78, 5) is 15.9. The summed E-state index contributed by atoms with van der Waals surface area (Å²) < 4.78 is 6.59. The maximum absolute atomic E-state index is 11.6. The van der Waals surface area contributed by atoms with Crippen molar-refractivity contribution >= 4 is 28.6 Å². The van der Waals surface area contributed by atoms with Gasteiger partial charge in [0.2, 0.25) is 5.82 Å². The van der Waals surface area contributed by atoms with Gasteiger partial charge < -0.3 is 9.30 Å². The molecule has 0 N–H and O–H groups in total. The maximum atomic E-state index is 11.6. The number of aromatic nitrogens is 2. The number of aryl methyl sites for hydroxylation is 1.